The van der Waals surface area contributed by atoms with Gasteiger partial charge in [-0.05, 0) is 36.2 Å². The number of pyridine rings is 1. The summed E-state index contributed by atoms with van der Waals surface area (Å²) < 4.78 is 0. The van der Waals surface area contributed by atoms with Gasteiger partial charge in [-0.3, -0.25) is 9.59 Å². The van der Waals surface area contributed by atoms with E-state index in [-0.39, 0.29) is 28.8 Å². The van der Waals surface area contributed by atoms with Gasteiger partial charge in [0.2, 0.25) is 11.8 Å². The summed E-state index contributed by atoms with van der Waals surface area (Å²) >= 11 is 1.02. The lowest BCUT2D eigenvalue weighted by Gasteiger charge is -2.15. The van der Waals surface area contributed by atoms with Crippen molar-refractivity contribution in [2.45, 2.75) is 30.0 Å². The lowest BCUT2D eigenvalue weighted by Crippen LogP contribution is -2.31. The van der Waals surface area contributed by atoms with Crippen LogP contribution < -0.4 is 4.90 Å². The molecule has 1 saturated heterocycles. The van der Waals surface area contributed by atoms with Crippen LogP contribution in [0, 0.1) is 0 Å². The van der Waals surface area contributed by atoms with Gasteiger partial charge in [0.05, 0.1) is 16.5 Å². The van der Waals surface area contributed by atoms with Gasteiger partial charge in [-0.2, -0.15) is 0 Å². The van der Waals surface area contributed by atoms with E-state index >= 15 is 0 Å². The summed E-state index contributed by atoms with van der Waals surface area (Å²) in [6.07, 6.45) is 2.37. The number of imide groups is 1. The van der Waals surface area contributed by atoms with Crippen molar-refractivity contribution in [3.8, 4) is 0 Å². The molecule has 1 aromatic heterocycles. The lowest BCUT2D eigenvalue weighted by molar-refractivity contribution is -0.121. The van der Waals surface area contributed by atoms with Gasteiger partial charge in [0.15, 0.2) is 0 Å². The van der Waals surface area contributed by atoms with Crippen LogP contribution in [-0.4, -0.2) is 33.1 Å². The quantitative estimate of drug-likeness (QED) is 0.829. The fourth-order valence-electron chi connectivity index (χ4n) is 2.63. The Morgan fingerprint density at radius 3 is 2.64 bits per heavy atom. The van der Waals surface area contributed by atoms with E-state index in [1.54, 1.807) is 12.1 Å². The van der Waals surface area contributed by atoms with Crippen molar-refractivity contribution in [3.63, 3.8) is 0 Å². The van der Waals surface area contributed by atoms with E-state index in [2.05, 4.69) is 4.98 Å². The highest BCUT2D eigenvalue weighted by molar-refractivity contribution is 8.00. The molecular weight excluding hydrogens is 340 g/mol. The van der Waals surface area contributed by atoms with E-state index < -0.39 is 11.2 Å². The second-order valence-corrected chi connectivity index (χ2v) is 6.75. The second kappa shape index (κ2) is 7.06. The first-order valence-electron chi connectivity index (χ1n) is 7.82. The average molecular weight is 356 g/mol. The third-order valence-corrected chi connectivity index (χ3v) is 5.16. The maximum Gasteiger partial charge on any atom is 0.338 e. The Bertz CT molecular complexity index is 835. The zero-order chi connectivity index (χ0) is 18.0. The van der Waals surface area contributed by atoms with Gasteiger partial charge in [-0.25, -0.2) is 14.7 Å². The molecule has 25 heavy (non-hydrogen) atoms. The highest BCUT2D eigenvalue weighted by Gasteiger charge is 2.40. The molecule has 2 amide bonds. The third-order valence-electron chi connectivity index (χ3n) is 3.96. The smallest absolute Gasteiger partial charge is 0.338 e. The number of carbonyl (C=O) groups is 3. The number of carboxylic acid groups (broad SMARTS) is 1. The predicted octanol–water partition coefficient (Wildman–Crippen LogP) is 2.77. The number of thioether (sulfide) groups is 1. The molecule has 7 heteroatoms. The van der Waals surface area contributed by atoms with Gasteiger partial charge in [0.25, 0.3) is 0 Å². The van der Waals surface area contributed by atoms with E-state index in [0.29, 0.717) is 5.69 Å². The zero-order valence-corrected chi connectivity index (χ0v) is 14.3. The van der Waals surface area contributed by atoms with E-state index in [4.69, 9.17) is 0 Å². The first kappa shape index (κ1) is 17.2. The molecule has 0 unspecified atom stereocenters. The SMILES string of the molecule is CCc1ccc(N2C(=O)C[C@H](Sc3ncccc3C(=O)O)C2=O)cc1. The van der Waals surface area contributed by atoms with Crippen LogP contribution in [0.4, 0.5) is 5.69 Å². The minimum Gasteiger partial charge on any atom is -0.478 e. The molecule has 1 N–H and O–H groups in total. The number of amides is 2. The van der Waals surface area contributed by atoms with Crippen LogP contribution in [-0.2, 0) is 16.0 Å². The van der Waals surface area contributed by atoms with Crippen LogP contribution in [0.25, 0.3) is 0 Å². The molecule has 2 aromatic rings. The number of nitrogens with zero attached hydrogens (tertiary/aromatic N) is 2. The molecule has 0 bridgehead atoms. The number of hydrogen-bond donors (Lipinski definition) is 1. The molecular formula is C18H16N2O4S. The zero-order valence-electron chi connectivity index (χ0n) is 13.5. The van der Waals surface area contributed by atoms with E-state index in [9.17, 15) is 19.5 Å². The Morgan fingerprint density at radius 1 is 1.28 bits per heavy atom. The molecule has 6 nitrogen and oxygen atoms in total. The molecule has 2 heterocycles. The maximum atomic E-state index is 12.7. The second-order valence-electron chi connectivity index (χ2n) is 5.56. The van der Waals surface area contributed by atoms with Crippen molar-refractivity contribution in [2.75, 3.05) is 4.90 Å². The van der Waals surface area contributed by atoms with Crippen LogP contribution in [0.3, 0.4) is 0 Å². The predicted molar refractivity (Wildman–Crippen MR) is 93.8 cm³/mol. The number of aryl methyl sites for hydroxylation is 1. The number of benzene rings is 1. The van der Waals surface area contributed by atoms with Gasteiger partial charge < -0.3 is 5.11 Å². The normalized spacial score (nSPS) is 17.2. The summed E-state index contributed by atoms with van der Waals surface area (Å²) in [4.78, 5) is 41.5. The number of carboxylic acids is 1. The Kier molecular flexibility index (Phi) is 4.85. The minimum absolute atomic E-state index is 0.0225. The molecule has 0 radical (unpaired) electrons. The molecule has 1 atom stereocenters. The van der Waals surface area contributed by atoms with Gasteiger partial charge in [0, 0.05) is 12.6 Å². The number of rotatable bonds is 5. The highest BCUT2D eigenvalue weighted by Crippen LogP contribution is 2.34. The van der Waals surface area contributed by atoms with Gasteiger partial charge >= 0.3 is 5.97 Å². The summed E-state index contributed by atoms with van der Waals surface area (Å²) in [5, 5.41) is 8.79. The number of carbonyl (C=O) groups excluding carboxylic acids is 2. The standard InChI is InChI=1S/C18H16N2O4S/c1-2-11-5-7-12(8-6-11)20-15(21)10-14(17(20)22)25-16-13(18(23)24)4-3-9-19-16/h3-9,14H,2,10H2,1H3,(H,23,24)/t14-/m0/s1. The summed E-state index contributed by atoms with van der Waals surface area (Å²) in [6.45, 7) is 2.03. The molecule has 3 rings (SSSR count). The Hall–Kier alpha value is -2.67. The number of hydrogen-bond acceptors (Lipinski definition) is 5. The molecule has 0 saturated carbocycles. The Labute approximate surface area is 148 Å². The van der Waals surface area contributed by atoms with Crippen LogP contribution in [0.2, 0.25) is 0 Å². The third kappa shape index (κ3) is 3.41. The highest BCUT2D eigenvalue weighted by atomic mass is 32.2. The van der Waals surface area contributed by atoms with Crippen molar-refractivity contribution >= 4 is 35.2 Å². The summed E-state index contributed by atoms with van der Waals surface area (Å²) in [5.41, 5.74) is 1.68. The molecule has 1 aliphatic rings. The van der Waals surface area contributed by atoms with Gasteiger partial charge in [-0.1, -0.05) is 30.8 Å². The van der Waals surface area contributed by atoms with Crippen LogP contribution in [0.1, 0.15) is 29.3 Å². The number of anilines is 1. The van der Waals surface area contributed by atoms with Crippen molar-refractivity contribution in [1.82, 2.24) is 4.98 Å². The van der Waals surface area contributed by atoms with E-state index in [0.717, 1.165) is 23.7 Å². The monoisotopic (exact) mass is 356 g/mol. The number of aromatic carboxylic acids is 1. The topological polar surface area (TPSA) is 87.6 Å². The summed E-state index contributed by atoms with van der Waals surface area (Å²) in [6, 6.07) is 10.2. The summed E-state index contributed by atoms with van der Waals surface area (Å²) in [7, 11) is 0. The van der Waals surface area contributed by atoms with Gasteiger partial charge in [0.1, 0.15) is 5.03 Å². The fraction of sp³-hybridized carbons (Fsp3) is 0.222. The van der Waals surface area contributed by atoms with Crippen molar-refractivity contribution in [1.29, 1.82) is 0 Å². The van der Waals surface area contributed by atoms with E-state index in [1.165, 1.54) is 23.2 Å². The fourth-order valence-corrected chi connectivity index (χ4v) is 3.74. The molecule has 128 valence electrons. The summed E-state index contributed by atoms with van der Waals surface area (Å²) in [5.74, 6) is -1.75. The van der Waals surface area contributed by atoms with Gasteiger partial charge in [-0.15, -0.1) is 0 Å². The molecule has 1 aromatic carbocycles. The van der Waals surface area contributed by atoms with Crippen molar-refractivity contribution < 1.29 is 19.5 Å². The van der Waals surface area contributed by atoms with Crippen LogP contribution in [0.5, 0.6) is 0 Å². The Balaban J connectivity index is 1.83. The first-order valence-corrected chi connectivity index (χ1v) is 8.70. The van der Waals surface area contributed by atoms with E-state index in [1.807, 2.05) is 19.1 Å². The first-order chi connectivity index (χ1) is 12.0. The van der Waals surface area contributed by atoms with Crippen molar-refractivity contribution in [2.24, 2.45) is 0 Å². The van der Waals surface area contributed by atoms with Crippen LogP contribution in [0.15, 0.2) is 47.6 Å². The lowest BCUT2D eigenvalue weighted by atomic mass is 10.1. The van der Waals surface area contributed by atoms with Crippen LogP contribution >= 0.6 is 11.8 Å². The average Bonchev–Trinajstić information content (AvgIpc) is 2.89. The molecule has 0 spiro atoms. The Morgan fingerprint density at radius 2 is 2.00 bits per heavy atom. The van der Waals surface area contributed by atoms with Crippen molar-refractivity contribution in [3.05, 3.63) is 53.7 Å². The largest absolute Gasteiger partial charge is 0.478 e. The molecule has 0 aliphatic carbocycles. The molecule has 1 aliphatic heterocycles. The maximum absolute atomic E-state index is 12.7. The minimum atomic E-state index is -1.11. The molecule has 1 fully saturated rings. The number of aromatic nitrogens is 1.